The van der Waals surface area contributed by atoms with Gasteiger partial charge in [0.1, 0.15) is 5.15 Å². The predicted molar refractivity (Wildman–Crippen MR) is 69.4 cm³/mol. The minimum atomic E-state index is 0.453. The van der Waals surface area contributed by atoms with Gasteiger partial charge in [0.15, 0.2) is 0 Å². The van der Waals surface area contributed by atoms with Gasteiger partial charge in [-0.2, -0.15) is 0 Å². The second kappa shape index (κ2) is 7.49. The van der Waals surface area contributed by atoms with E-state index in [1.54, 1.807) is 18.3 Å². The summed E-state index contributed by atoms with van der Waals surface area (Å²) in [5, 5.41) is 2.86. The van der Waals surface area contributed by atoms with E-state index in [4.69, 9.17) is 23.2 Å². The Morgan fingerprint density at radius 1 is 1.40 bits per heavy atom. The fourth-order valence-electron chi connectivity index (χ4n) is 0.990. The molecule has 1 heterocycles. The maximum atomic E-state index is 5.74. The number of hydrogen-bond donors (Lipinski definition) is 0. The van der Waals surface area contributed by atoms with Crippen LogP contribution in [-0.4, -0.2) is 4.98 Å². The number of aromatic nitrogens is 1. The van der Waals surface area contributed by atoms with Crippen molar-refractivity contribution in [1.29, 1.82) is 0 Å². The molecule has 0 bridgehead atoms. The van der Waals surface area contributed by atoms with Crippen LogP contribution < -0.4 is 10.4 Å². The van der Waals surface area contributed by atoms with Crippen LogP contribution in [0, 0.1) is 0 Å². The van der Waals surface area contributed by atoms with Gasteiger partial charge in [0, 0.05) is 11.2 Å². The minimum Gasteiger partial charge on any atom is -0.244 e. The zero-order valence-corrected chi connectivity index (χ0v) is 10.7. The third-order valence-electron chi connectivity index (χ3n) is 1.56. The highest BCUT2D eigenvalue weighted by molar-refractivity contribution is 6.33. The summed E-state index contributed by atoms with van der Waals surface area (Å²) in [6.07, 6.45) is 5.40. The highest BCUT2D eigenvalue weighted by atomic mass is 35.5. The van der Waals surface area contributed by atoms with Crippen molar-refractivity contribution in [1.82, 2.24) is 4.98 Å². The molecule has 15 heavy (non-hydrogen) atoms. The van der Waals surface area contributed by atoms with Gasteiger partial charge in [-0.25, -0.2) is 4.98 Å². The summed E-state index contributed by atoms with van der Waals surface area (Å²) in [5.74, 6) is 0. The van der Waals surface area contributed by atoms with Crippen LogP contribution in [0.2, 0.25) is 5.15 Å². The van der Waals surface area contributed by atoms with Crippen LogP contribution in [0.4, 0.5) is 0 Å². The molecule has 1 aromatic heterocycles. The summed E-state index contributed by atoms with van der Waals surface area (Å²) in [7, 11) is 0. The molecular formula is C12H15Cl2N. The Morgan fingerprint density at radius 2 is 2.00 bits per heavy atom. The quantitative estimate of drug-likeness (QED) is 0.692. The lowest BCUT2D eigenvalue weighted by Gasteiger charge is -1.91. The van der Waals surface area contributed by atoms with Gasteiger partial charge in [0.05, 0.1) is 0 Å². The molecule has 0 N–H and O–H groups in total. The number of hydrogen-bond acceptors (Lipinski definition) is 1. The Morgan fingerprint density at radius 3 is 2.47 bits per heavy atom. The first-order valence-corrected chi connectivity index (χ1v) is 5.53. The molecule has 0 aromatic carbocycles. The van der Waals surface area contributed by atoms with Gasteiger partial charge in [-0.3, -0.25) is 0 Å². The summed E-state index contributed by atoms with van der Waals surface area (Å²) in [6.45, 7) is 9.52. The lowest BCUT2D eigenvalue weighted by molar-refractivity contribution is 1.27. The minimum absolute atomic E-state index is 0.453. The zero-order valence-electron chi connectivity index (χ0n) is 9.22. The molecule has 82 valence electrons. The Balaban J connectivity index is 0.000000921. The van der Waals surface area contributed by atoms with E-state index in [0.29, 0.717) is 10.2 Å². The van der Waals surface area contributed by atoms with Gasteiger partial charge >= 0.3 is 0 Å². The van der Waals surface area contributed by atoms with Crippen molar-refractivity contribution in [3.05, 3.63) is 39.5 Å². The van der Waals surface area contributed by atoms with Gasteiger partial charge in [0.2, 0.25) is 0 Å². The van der Waals surface area contributed by atoms with Crippen LogP contribution >= 0.6 is 23.2 Å². The van der Waals surface area contributed by atoms with E-state index in [1.807, 2.05) is 26.8 Å². The molecule has 0 atom stereocenters. The van der Waals surface area contributed by atoms with E-state index in [9.17, 15) is 0 Å². The third kappa shape index (κ3) is 5.01. The Labute approximate surface area is 101 Å². The smallest absolute Gasteiger partial charge is 0.129 e. The zero-order chi connectivity index (χ0) is 11.8. The van der Waals surface area contributed by atoms with Crippen molar-refractivity contribution in [2.75, 3.05) is 0 Å². The van der Waals surface area contributed by atoms with Crippen LogP contribution in [0.3, 0.4) is 0 Å². The lowest BCUT2D eigenvalue weighted by atomic mass is 10.3. The van der Waals surface area contributed by atoms with Gasteiger partial charge in [0.25, 0.3) is 0 Å². The molecule has 0 aliphatic carbocycles. The molecular weight excluding hydrogens is 229 g/mol. The van der Waals surface area contributed by atoms with E-state index in [1.165, 1.54) is 0 Å². The average molecular weight is 244 g/mol. The summed E-state index contributed by atoms with van der Waals surface area (Å²) < 4.78 is 0. The first-order chi connectivity index (χ1) is 7.13. The first kappa shape index (κ1) is 14.2. The Hall–Kier alpha value is -0.790. The summed E-state index contributed by atoms with van der Waals surface area (Å²) in [6, 6.07) is 1.75. The van der Waals surface area contributed by atoms with Gasteiger partial charge in [-0.15, -0.1) is 0 Å². The van der Waals surface area contributed by atoms with Crippen molar-refractivity contribution in [2.24, 2.45) is 0 Å². The standard InChI is InChI=1S/C10H9Cl2N.C2H6/c1-3-8-6-13-10(12)5-9(8)4-7(2)11;1-2/h3-6H,2H2,1H3;1-2H3/b8-3-,9-4-;. The molecule has 0 fully saturated rings. The summed E-state index contributed by atoms with van der Waals surface area (Å²) >= 11 is 11.4. The maximum Gasteiger partial charge on any atom is 0.129 e. The van der Waals surface area contributed by atoms with Crippen LogP contribution in [0.5, 0.6) is 0 Å². The SMILES string of the molecule is C=C(Cl)/C=c1/cc(Cl)nc/c1=C/C.CC. The highest BCUT2D eigenvalue weighted by Crippen LogP contribution is 1.98. The second-order valence-electron chi connectivity index (χ2n) is 2.52. The molecule has 0 unspecified atom stereocenters. The van der Waals surface area contributed by atoms with E-state index in [-0.39, 0.29) is 0 Å². The molecule has 0 radical (unpaired) electrons. The second-order valence-corrected chi connectivity index (χ2v) is 3.39. The Kier molecular flexibility index (Phi) is 7.10. The number of rotatable bonds is 1. The van der Waals surface area contributed by atoms with Gasteiger partial charge in [-0.1, -0.05) is 49.7 Å². The van der Waals surface area contributed by atoms with Crippen molar-refractivity contribution in [3.63, 3.8) is 0 Å². The first-order valence-electron chi connectivity index (χ1n) is 4.77. The van der Waals surface area contributed by atoms with Gasteiger partial charge < -0.3 is 0 Å². The van der Waals surface area contributed by atoms with E-state index in [0.717, 1.165) is 10.4 Å². The highest BCUT2D eigenvalue weighted by Gasteiger charge is 1.89. The number of nitrogens with zero attached hydrogens (tertiary/aromatic N) is 1. The summed E-state index contributed by atoms with van der Waals surface area (Å²) in [4.78, 5) is 3.96. The van der Waals surface area contributed by atoms with Crippen LogP contribution in [-0.2, 0) is 0 Å². The molecule has 0 amide bonds. The topological polar surface area (TPSA) is 12.9 Å². The third-order valence-corrected chi connectivity index (χ3v) is 1.87. The van der Waals surface area contributed by atoms with Crippen molar-refractivity contribution in [3.8, 4) is 0 Å². The van der Waals surface area contributed by atoms with E-state index < -0.39 is 0 Å². The molecule has 0 saturated carbocycles. The van der Waals surface area contributed by atoms with Gasteiger partial charge in [-0.05, 0) is 29.5 Å². The maximum absolute atomic E-state index is 5.74. The molecule has 3 heteroatoms. The van der Waals surface area contributed by atoms with Crippen molar-refractivity contribution in [2.45, 2.75) is 20.8 Å². The number of allylic oxidation sites excluding steroid dienone is 1. The van der Waals surface area contributed by atoms with E-state index in [2.05, 4.69) is 11.6 Å². The largest absolute Gasteiger partial charge is 0.244 e. The molecule has 1 aromatic rings. The molecule has 0 aliphatic heterocycles. The molecule has 0 saturated heterocycles. The monoisotopic (exact) mass is 243 g/mol. The lowest BCUT2D eigenvalue weighted by Crippen LogP contribution is -2.24. The molecule has 0 spiro atoms. The van der Waals surface area contributed by atoms with E-state index >= 15 is 0 Å². The Bertz CT molecular complexity index is 435. The van der Waals surface area contributed by atoms with Crippen LogP contribution in [0.15, 0.2) is 23.9 Å². The fraction of sp³-hybridized carbons (Fsp3) is 0.250. The normalized spacial score (nSPS) is 12.1. The number of pyridine rings is 1. The molecule has 0 aliphatic rings. The fourth-order valence-corrected chi connectivity index (χ4v) is 1.27. The van der Waals surface area contributed by atoms with Crippen molar-refractivity contribution >= 4 is 35.4 Å². The van der Waals surface area contributed by atoms with Crippen molar-refractivity contribution < 1.29 is 0 Å². The molecule has 1 rings (SSSR count). The number of halogens is 2. The molecule has 1 nitrogen and oxygen atoms in total. The van der Waals surface area contributed by atoms with Crippen LogP contribution in [0.1, 0.15) is 20.8 Å². The predicted octanol–water partition coefficient (Wildman–Crippen LogP) is 3.09. The van der Waals surface area contributed by atoms with Crippen LogP contribution in [0.25, 0.3) is 12.2 Å². The summed E-state index contributed by atoms with van der Waals surface area (Å²) in [5.41, 5.74) is 0. The average Bonchev–Trinajstić information content (AvgIpc) is 2.20.